The van der Waals surface area contributed by atoms with E-state index in [9.17, 15) is 0 Å². The van der Waals surface area contributed by atoms with Gasteiger partial charge in [-0.1, -0.05) is 6.42 Å². The number of nitrogens with zero attached hydrogens (tertiary/aromatic N) is 1. The molecule has 0 amide bonds. The molecule has 0 aromatic carbocycles. The minimum absolute atomic E-state index is 1.05. The molecule has 1 aliphatic carbocycles. The van der Waals surface area contributed by atoms with Crippen LogP contribution >= 0.6 is 11.3 Å². The van der Waals surface area contributed by atoms with Crippen molar-refractivity contribution >= 4 is 11.3 Å². The van der Waals surface area contributed by atoms with Crippen LogP contribution in [0.15, 0.2) is 6.07 Å². The van der Waals surface area contributed by atoms with Crippen LogP contribution in [0.4, 0.5) is 0 Å². The van der Waals surface area contributed by atoms with Crippen molar-refractivity contribution in [2.24, 2.45) is 0 Å². The quantitative estimate of drug-likeness (QED) is 0.467. The fourth-order valence-corrected chi connectivity index (χ4v) is 2.93. The predicted octanol–water partition coefficient (Wildman–Crippen LogP) is 2.89. The number of hydrogen-bond acceptors (Lipinski definition) is 2. The lowest BCUT2D eigenvalue weighted by Crippen LogP contribution is -1.80. The molecule has 2 rings (SSSR count). The number of hydrogen-bond donors (Lipinski definition) is 0. The smallest absolute Gasteiger partial charge is 0.152 e. The average Bonchev–Trinajstić information content (AvgIpc) is 2.46. The fourth-order valence-electron chi connectivity index (χ4n) is 1.82. The largest absolute Gasteiger partial charge is 0.183 e. The van der Waals surface area contributed by atoms with Gasteiger partial charge in [0.15, 0.2) is 6.07 Å². The monoisotopic (exact) mass is 201 g/mol. The van der Waals surface area contributed by atoms with Gasteiger partial charge in [-0.25, -0.2) is 0 Å². The van der Waals surface area contributed by atoms with Crippen molar-refractivity contribution in [3.05, 3.63) is 21.4 Å². The van der Waals surface area contributed by atoms with Crippen LogP contribution in [0.1, 0.15) is 34.6 Å². The molecule has 0 bridgehead atoms. The SMILES string of the molecule is N#CC#Cc1cc2c(s1)CCCCC2. The number of aryl methyl sites for hydroxylation is 2. The van der Waals surface area contributed by atoms with Crippen LogP contribution in [0, 0.1) is 23.2 Å². The van der Waals surface area contributed by atoms with Gasteiger partial charge in [0.25, 0.3) is 0 Å². The first kappa shape index (κ1) is 9.31. The van der Waals surface area contributed by atoms with Crippen molar-refractivity contribution in [2.75, 3.05) is 0 Å². The molecule has 0 unspecified atom stereocenters. The van der Waals surface area contributed by atoms with Crippen LogP contribution in [0.25, 0.3) is 0 Å². The Morgan fingerprint density at radius 3 is 2.93 bits per heavy atom. The highest BCUT2D eigenvalue weighted by Crippen LogP contribution is 2.28. The molecule has 2 heteroatoms. The molecule has 0 saturated carbocycles. The average molecular weight is 201 g/mol. The number of thiophene rings is 1. The number of nitriles is 1. The first-order chi connectivity index (χ1) is 6.90. The molecule has 0 spiro atoms. The zero-order chi connectivity index (χ0) is 9.80. The fraction of sp³-hybridized carbons (Fsp3) is 0.417. The van der Waals surface area contributed by atoms with Crippen molar-refractivity contribution in [3.63, 3.8) is 0 Å². The molecular weight excluding hydrogens is 190 g/mol. The third-order valence-corrected chi connectivity index (χ3v) is 3.64. The highest BCUT2D eigenvalue weighted by atomic mass is 32.1. The zero-order valence-corrected chi connectivity index (χ0v) is 8.78. The number of rotatable bonds is 0. The predicted molar refractivity (Wildman–Crippen MR) is 58.1 cm³/mol. The van der Waals surface area contributed by atoms with E-state index < -0.39 is 0 Å². The van der Waals surface area contributed by atoms with Crippen LogP contribution in [0.2, 0.25) is 0 Å². The Balaban J connectivity index is 2.27. The molecule has 0 atom stereocenters. The van der Waals surface area contributed by atoms with Crippen LogP contribution in [0.5, 0.6) is 0 Å². The maximum atomic E-state index is 8.36. The second kappa shape index (κ2) is 4.31. The van der Waals surface area contributed by atoms with E-state index in [-0.39, 0.29) is 0 Å². The molecule has 1 aromatic rings. The van der Waals surface area contributed by atoms with E-state index in [1.54, 1.807) is 11.3 Å². The van der Waals surface area contributed by atoms with E-state index in [1.807, 2.05) is 6.07 Å². The first-order valence-electron chi connectivity index (χ1n) is 4.92. The van der Waals surface area contributed by atoms with Crippen molar-refractivity contribution in [3.8, 4) is 17.9 Å². The summed E-state index contributed by atoms with van der Waals surface area (Å²) in [5.74, 6) is 5.33. The molecule has 0 radical (unpaired) electrons. The Labute approximate surface area is 88.4 Å². The summed E-state index contributed by atoms with van der Waals surface area (Å²) in [6, 6.07) is 4.02. The highest BCUT2D eigenvalue weighted by molar-refractivity contribution is 7.12. The van der Waals surface area contributed by atoms with Crippen LogP contribution < -0.4 is 0 Å². The van der Waals surface area contributed by atoms with Gasteiger partial charge in [0.05, 0.1) is 4.88 Å². The third kappa shape index (κ3) is 1.97. The van der Waals surface area contributed by atoms with Crippen LogP contribution in [-0.2, 0) is 12.8 Å². The third-order valence-electron chi connectivity index (χ3n) is 2.49. The summed E-state index contributed by atoms with van der Waals surface area (Å²) >= 11 is 1.76. The van der Waals surface area contributed by atoms with Gasteiger partial charge in [-0.05, 0) is 43.2 Å². The lowest BCUT2D eigenvalue weighted by Gasteiger charge is -1.92. The summed E-state index contributed by atoms with van der Waals surface area (Å²) in [5.41, 5.74) is 1.47. The lowest BCUT2D eigenvalue weighted by atomic mass is 10.1. The Bertz CT molecular complexity index is 402. The highest BCUT2D eigenvalue weighted by Gasteiger charge is 2.10. The molecule has 1 aliphatic rings. The first-order valence-corrected chi connectivity index (χ1v) is 5.73. The van der Waals surface area contributed by atoms with Gasteiger partial charge in [0.1, 0.15) is 0 Å². The van der Waals surface area contributed by atoms with Crippen LogP contribution in [0.3, 0.4) is 0 Å². The molecule has 14 heavy (non-hydrogen) atoms. The van der Waals surface area contributed by atoms with E-state index in [0.29, 0.717) is 0 Å². The van der Waals surface area contributed by atoms with Crippen LogP contribution in [-0.4, -0.2) is 0 Å². The minimum Gasteiger partial charge on any atom is -0.183 e. The molecule has 1 heterocycles. The summed E-state index contributed by atoms with van der Waals surface area (Å²) in [6.07, 6.45) is 6.35. The molecular formula is C12H11NS. The van der Waals surface area contributed by atoms with Crippen molar-refractivity contribution in [1.29, 1.82) is 5.26 Å². The second-order valence-electron chi connectivity index (χ2n) is 3.48. The van der Waals surface area contributed by atoms with Crippen molar-refractivity contribution in [1.82, 2.24) is 0 Å². The van der Waals surface area contributed by atoms with Gasteiger partial charge < -0.3 is 0 Å². The molecule has 0 aliphatic heterocycles. The Kier molecular flexibility index (Phi) is 2.87. The molecule has 0 saturated heterocycles. The lowest BCUT2D eigenvalue weighted by molar-refractivity contribution is 0.712. The van der Waals surface area contributed by atoms with E-state index in [1.165, 1.54) is 42.5 Å². The topological polar surface area (TPSA) is 23.8 Å². The van der Waals surface area contributed by atoms with Gasteiger partial charge in [0.2, 0.25) is 0 Å². The maximum Gasteiger partial charge on any atom is 0.152 e. The summed E-state index contributed by atoms with van der Waals surface area (Å²) < 4.78 is 0. The van der Waals surface area contributed by atoms with E-state index >= 15 is 0 Å². The van der Waals surface area contributed by atoms with E-state index in [2.05, 4.69) is 17.9 Å². The summed E-state index contributed by atoms with van der Waals surface area (Å²) in [7, 11) is 0. The normalized spacial score (nSPS) is 14.5. The molecule has 70 valence electrons. The second-order valence-corrected chi connectivity index (χ2v) is 4.62. The maximum absolute atomic E-state index is 8.36. The minimum atomic E-state index is 1.05. The van der Waals surface area contributed by atoms with E-state index in [4.69, 9.17) is 5.26 Å². The summed E-state index contributed by atoms with van der Waals surface area (Å²) in [5, 5.41) is 8.36. The molecule has 1 nitrogen and oxygen atoms in total. The van der Waals surface area contributed by atoms with Gasteiger partial charge >= 0.3 is 0 Å². The standard InChI is InChI=1S/C12H11NS/c13-8-4-6-11-9-10-5-2-1-3-7-12(10)14-11/h9H,1-3,5,7H2. The zero-order valence-electron chi connectivity index (χ0n) is 7.97. The Hall–Kier alpha value is -1.25. The molecule has 0 N–H and O–H groups in total. The van der Waals surface area contributed by atoms with Crippen molar-refractivity contribution in [2.45, 2.75) is 32.1 Å². The van der Waals surface area contributed by atoms with E-state index in [0.717, 1.165) is 4.88 Å². The Morgan fingerprint density at radius 2 is 2.07 bits per heavy atom. The summed E-state index contributed by atoms with van der Waals surface area (Å²) in [6.45, 7) is 0. The number of fused-ring (bicyclic) bond motifs is 1. The van der Waals surface area contributed by atoms with Gasteiger partial charge in [-0.2, -0.15) is 5.26 Å². The van der Waals surface area contributed by atoms with Gasteiger partial charge in [-0.15, -0.1) is 11.3 Å². The summed E-state index contributed by atoms with van der Waals surface area (Å²) in [4.78, 5) is 2.54. The van der Waals surface area contributed by atoms with Gasteiger partial charge in [0, 0.05) is 10.8 Å². The molecule has 0 fully saturated rings. The molecule has 1 aromatic heterocycles. The van der Waals surface area contributed by atoms with Gasteiger partial charge in [-0.3, -0.25) is 0 Å². The van der Waals surface area contributed by atoms with Crippen molar-refractivity contribution < 1.29 is 0 Å². The Morgan fingerprint density at radius 1 is 1.21 bits per heavy atom.